The fourth-order valence-electron chi connectivity index (χ4n) is 2.57. The van der Waals surface area contributed by atoms with E-state index in [1.165, 1.54) is 6.92 Å². The number of pyridine rings is 1. The molecule has 0 spiro atoms. The molecule has 2 N–H and O–H groups in total. The Labute approximate surface area is 162 Å². The van der Waals surface area contributed by atoms with Crippen LogP contribution in [0.15, 0.2) is 59.4 Å². The van der Waals surface area contributed by atoms with Gasteiger partial charge >= 0.3 is 12.1 Å². The van der Waals surface area contributed by atoms with Gasteiger partial charge in [0.2, 0.25) is 0 Å². The van der Waals surface area contributed by atoms with Crippen LogP contribution in [-0.4, -0.2) is 23.0 Å². The molecule has 9 heteroatoms. The van der Waals surface area contributed by atoms with E-state index >= 15 is 0 Å². The summed E-state index contributed by atoms with van der Waals surface area (Å²) < 4.78 is 42.8. The lowest BCUT2D eigenvalue weighted by molar-refractivity contribution is -0.137. The predicted octanol–water partition coefficient (Wildman–Crippen LogP) is 3.73. The summed E-state index contributed by atoms with van der Waals surface area (Å²) in [5.41, 5.74) is -0.801. The van der Waals surface area contributed by atoms with Gasteiger partial charge in [0, 0.05) is 22.7 Å². The van der Waals surface area contributed by atoms with Crippen molar-refractivity contribution in [3.8, 4) is 0 Å². The van der Waals surface area contributed by atoms with Gasteiger partial charge < -0.3 is 15.0 Å². The fraction of sp³-hybridized carbons (Fsp3) is 0.150. The molecule has 3 aromatic rings. The monoisotopic (exact) mass is 404 g/mol. The molecule has 0 bridgehead atoms. The molecule has 0 aliphatic heterocycles. The molecule has 29 heavy (non-hydrogen) atoms. The first-order chi connectivity index (χ1) is 13.6. The van der Waals surface area contributed by atoms with E-state index < -0.39 is 29.7 Å². The average Bonchev–Trinajstić information content (AvgIpc) is 2.67. The molecule has 2 aromatic carbocycles. The maximum Gasteiger partial charge on any atom is 0.416 e. The summed E-state index contributed by atoms with van der Waals surface area (Å²) in [6, 6.07) is 11.5. The highest BCUT2D eigenvalue weighted by Gasteiger charge is 2.30. The number of alkyl halides is 3. The molecule has 1 amide bonds. The first-order valence-corrected chi connectivity index (χ1v) is 8.46. The molecule has 1 heterocycles. The van der Waals surface area contributed by atoms with Crippen LogP contribution in [0.4, 0.5) is 18.9 Å². The Bertz CT molecular complexity index is 1120. The van der Waals surface area contributed by atoms with Gasteiger partial charge in [0.05, 0.1) is 5.56 Å². The highest BCUT2D eigenvalue weighted by Crippen LogP contribution is 2.29. The third kappa shape index (κ3) is 4.63. The Balaban J connectivity index is 1.68. The minimum absolute atomic E-state index is 0.116. The molecule has 0 radical (unpaired) electrons. The Morgan fingerprint density at radius 1 is 1.07 bits per heavy atom. The van der Waals surface area contributed by atoms with Gasteiger partial charge in [0.15, 0.2) is 11.5 Å². The van der Waals surface area contributed by atoms with Crippen LogP contribution >= 0.6 is 0 Å². The van der Waals surface area contributed by atoms with Crippen molar-refractivity contribution in [1.82, 2.24) is 4.98 Å². The van der Waals surface area contributed by atoms with Crippen molar-refractivity contribution in [2.75, 3.05) is 5.32 Å². The number of para-hydroxylation sites is 1. The van der Waals surface area contributed by atoms with Crippen LogP contribution in [-0.2, 0) is 15.7 Å². The maximum atomic E-state index is 12.6. The van der Waals surface area contributed by atoms with Gasteiger partial charge in [-0.2, -0.15) is 13.2 Å². The fourth-order valence-corrected chi connectivity index (χ4v) is 2.57. The maximum absolute atomic E-state index is 12.6. The molecule has 1 aromatic heterocycles. The van der Waals surface area contributed by atoms with Crippen molar-refractivity contribution in [3.63, 3.8) is 0 Å². The molecule has 0 aliphatic carbocycles. The van der Waals surface area contributed by atoms with E-state index in [1.54, 1.807) is 24.3 Å². The first-order valence-electron chi connectivity index (χ1n) is 8.46. The predicted molar refractivity (Wildman–Crippen MR) is 99.5 cm³/mol. The number of carbonyl (C=O) groups is 2. The van der Waals surface area contributed by atoms with E-state index in [2.05, 4.69) is 10.3 Å². The van der Waals surface area contributed by atoms with Gasteiger partial charge in [0.1, 0.15) is 5.69 Å². The normalized spacial score (nSPS) is 12.4. The number of fused-ring (bicyclic) bond motifs is 1. The second-order valence-electron chi connectivity index (χ2n) is 6.20. The standard InChI is InChI=1S/C20H15F3N2O4/c1-11(18(27)24-13-8-6-12(7-9-13)20(21,22)23)29-19(28)16-10-17(26)14-4-2-3-5-15(14)25-16/h2-11H,1H3,(H,24,27)(H,25,26)/t11-/m0/s1. The van der Waals surface area contributed by atoms with Crippen LogP contribution in [0.2, 0.25) is 0 Å². The van der Waals surface area contributed by atoms with E-state index in [4.69, 9.17) is 4.74 Å². The third-order valence-electron chi connectivity index (χ3n) is 4.09. The lowest BCUT2D eigenvalue weighted by Crippen LogP contribution is -2.30. The Kier molecular flexibility index (Phi) is 5.40. The first kappa shape index (κ1) is 20.1. The second kappa shape index (κ2) is 7.78. The van der Waals surface area contributed by atoms with Gasteiger partial charge in [-0.05, 0) is 43.3 Å². The van der Waals surface area contributed by atoms with Crippen molar-refractivity contribution in [3.05, 3.63) is 76.1 Å². The molecular weight excluding hydrogens is 389 g/mol. The van der Waals surface area contributed by atoms with E-state index in [9.17, 15) is 27.6 Å². The number of H-pyrrole nitrogens is 1. The van der Waals surface area contributed by atoms with Gasteiger partial charge in [-0.25, -0.2) is 4.79 Å². The van der Waals surface area contributed by atoms with Gasteiger partial charge in [-0.1, -0.05) is 12.1 Å². The Morgan fingerprint density at radius 3 is 2.38 bits per heavy atom. The lowest BCUT2D eigenvalue weighted by atomic mass is 10.2. The SMILES string of the molecule is C[C@H](OC(=O)c1cc(=O)c2ccccc2[nH]1)C(=O)Nc1ccc(C(F)(F)F)cc1. The van der Waals surface area contributed by atoms with Gasteiger partial charge in [-0.15, -0.1) is 0 Å². The largest absolute Gasteiger partial charge is 0.448 e. The van der Waals surface area contributed by atoms with Crippen LogP contribution in [0.25, 0.3) is 10.9 Å². The molecule has 3 rings (SSSR count). The Hall–Kier alpha value is -3.62. The molecule has 1 atom stereocenters. The number of anilines is 1. The zero-order chi connectivity index (χ0) is 21.2. The van der Waals surface area contributed by atoms with Crippen molar-refractivity contribution in [2.24, 2.45) is 0 Å². The molecule has 6 nitrogen and oxygen atoms in total. The number of ether oxygens (including phenoxy) is 1. The third-order valence-corrected chi connectivity index (χ3v) is 4.09. The highest BCUT2D eigenvalue weighted by atomic mass is 19.4. The smallest absolute Gasteiger partial charge is 0.416 e. The van der Waals surface area contributed by atoms with Crippen LogP contribution in [0, 0.1) is 0 Å². The molecule has 0 saturated heterocycles. The van der Waals surface area contributed by atoms with Crippen molar-refractivity contribution in [1.29, 1.82) is 0 Å². The second-order valence-corrected chi connectivity index (χ2v) is 6.20. The summed E-state index contributed by atoms with van der Waals surface area (Å²) in [5.74, 6) is -1.65. The molecule has 0 saturated carbocycles. The molecular formula is C20H15F3N2O4. The number of esters is 1. The van der Waals surface area contributed by atoms with Gasteiger partial charge in [0.25, 0.3) is 5.91 Å². The number of carbonyl (C=O) groups excluding carboxylic acids is 2. The summed E-state index contributed by atoms with van der Waals surface area (Å²) in [7, 11) is 0. The number of aromatic amines is 1. The van der Waals surface area contributed by atoms with E-state index in [-0.39, 0.29) is 16.8 Å². The van der Waals surface area contributed by atoms with Crippen molar-refractivity contribution >= 4 is 28.5 Å². The summed E-state index contributed by atoms with van der Waals surface area (Å²) in [6.07, 6.45) is -5.73. The minimum Gasteiger partial charge on any atom is -0.448 e. The molecule has 0 fully saturated rings. The summed E-state index contributed by atoms with van der Waals surface area (Å²) in [4.78, 5) is 39.3. The zero-order valence-electron chi connectivity index (χ0n) is 15.0. The quantitative estimate of drug-likeness (QED) is 0.649. The Morgan fingerprint density at radius 2 is 1.72 bits per heavy atom. The molecule has 0 aliphatic rings. The van der Waals surface area contributed by atoms with Crippen LogP contribution in [0.3, 0.4) is 0 Å². The van der Waals surface area contributed by atoms with Crippen LogP contribution in [0.5, 0.6) is 0 Å². The molecule has 0 unspecified atom stereocenters. The van der Waals surface area contributed by atoms with Crippen LogP contribution in [0.1, 0.15) is 23.0 Å². The van der Waals surface area contributed by atoms with Crippen molar-refractivity contribution in [2.45, 2.75) is 19.2 Å². The molecule has 150 valence electrons. The highest BCUT2D eigenvalue weighted by molar-refractivity contribution is 5.97. The number of hydrogen-bond acceptors (Lipinski definition) is 4. The van der Waals surface area contributed by atoms with E-state index in [1.807, 2.05) is 0 Å². The summed E-state index contributed by atoms with van der Waals surface area (Å²) >= 11 is 0. The lowest BCUT2D eigenvalue weighted by Gasteiger charge is -2.14. The van der Waals surface area contributed by atoms with Crippen molar-refractivity contribution < 1.29 is 27.5 Å². The number of halogens is 3. The van der Waals surface area contributed by atoms with Gasteiger partial charge in [-0.3, -0.25) is 9.59 Å². The summed E-state index contributed by atoms with van der Waals surface area (Å²) in [5, 5.41) is 2.76. The van der Waals surface area contributed by atoms with E-state index in [0.29, 0.717) is 10.9 Å². The minimum atomic E-state index is -4.48. The number of nitrogens with one attached hydrogen (secondary N) is 2. The zero-order valence-corrected chi connectivity index (χ0v) is 15.0. The summed E-state index contributed by atoms with van der Waals surface area (Å²) in [6.45, 7) is 1.30. The number of rotatable bonds is 4. The number of benzene rings is 2. The number of aromatic nitrogens is 1. The number of amides is 1. The van der Waals surface area contributed by atoms with Crippen LogP contribution < -0.4 is 10.7 Å². The van der Waals surface area contributed by atoms with E-state index in [0.717, 1.165) is 30.3 Å². The topological polar surface area (TPSA) is 88.3 Å². The average molecular weight is 404 g/mol. The number of hydrogen-bond donors (Lipinski definition) is 2.